The van der Waals surface area contributed by atoms with Crippen LogP contribution in [-0.2, 0) is 0 Å². The zero-order valence-electron chi connectivity index (χ0n) is 34.8. The molecule has 4 heteroatoms. The van der Waals surface area contributed by atoms with Gasteiger partial charge >= 0.3 is 0 Å². The number of benzene rings is 8. The van der Waals surface area contributed by atoms with Gasteiger partial charge in [-0.3, -0.25) is 0 Å². The van der Waals surface area contributed by atoms with Gasteiger partial charge in [-0.2, -0.15) is 5.26 Å². The van der Waals surface area contributed by atoms with Crippen molar-refractivity contribution in [1.29, 1.82) is 5.26 Å². The Morgan fingerprint density at radius 1 is 0.448 bits per heavy atom. The predicted octanol–water partition coefficient (Wildman–Crippen LogP) is 16.4. The Hall–Kier alpha value is -6.62. The van der Waals surface area contributed by atoms with Gasteiger partial charge < -0.3 is 9.80 Å². The summed E-state index contributed by atoms with van der Waals surface area (Å²) in [6.45, 7) is 25.7. The number of anilines is 6. The van der Waals surface area contributed by atoms with Gasteiger partial charge in [0, 0.05) is 33.5 Å². The Balaban J connectivity index is 1.48. The van der Waals surface area contributed by atoms with Gasteiger partial charge in [-0.15, -0.1) is 0 Å². The third kappa shape index (κ3) is 6.70. The summed E-state index contributed by atoms with van der Waals surface area (Å²) in [6, 6.07) is 50.3. The average Bonchev–Trinajstić information content (AvgIpc) is 3.24. The van der Waals surface area contributed by atoms with E-state index in [1.807, 2.05) is 24.3 Å². The molecule has 286 valence electrons. The summed E-state index contributed by atoms with van der Waals surface area (Å²) in [6.07, 6.45) is 0. The quantitative estimate of drug-likeness (QED) is 0.103. The van der Waals surface area contributed by atoms with E-state index in [1.165, 1.54) is 54.6 Å². The highest BCUT2D eigenvalue weighted by atomic mass is 15.1. The molecule has 0 fully saturated rings. The summed E-state index contributed by atoms with van der Waals surface area (Å²) in [5.41, 5.74) is 12.8. The number of nitriles is 1. The van der Waals surface area contributed by atoms with Crippen LogP contribution in [0.15, 0.2) is 133 Å². The maximum absolute atomic E-state index is 9.73. The van der Waals surface area contributed by atoms with Gasteiger partial charge in [0.15, 0.2) is 5.69 Å². The summed E-state index contributed by atoms with van der Waals surface area (Å²) < 4.78 is 0. The molecule has 0 N–H and O–H groups in total. The maximum atomic E-state index is 9.73. The van der Waals surface area contributed by atoms with Crippen molar-refractivity contribution in [2.45, 2.75) is 79.1 Å². The molecule has 8 aromatic carbocycles. The molecule has 0 aliphatic carbocycles. The second-order valence-corrected chi connectivity index (χ2v) is 16.8. The summed E-state index contributed by atoms with van der Waals surface area (Å²) in [5, 5.41) is 17.1. The second-order valence-electron chi connectivity index (χ2n) is 16.8. The van der Waals surface area contributed by atoms with Crippen LogP contribution in [0.5, 0.6) is 0 Å². The molecule has 0 amide bonds. The first kappa shape index (κ1) is 38.3. The molecule has 0 heterocycles. The molecule has 8 rings (SSSR count). The molecule has 58 heavy (non-hydrogen) atoms. The van der Waals surface area contributed by atoms with Crippen molar-refractivity contribution >= 4 is 72.1 Å². The van der Waals surface area contributed by atoms with Crippen molar-refractivity contribution in [2.24, 2.45) is 0 Å². The minimum Gasteiger partial charge on any atom is -0.310 e. The first-order chi connectivity index (χ1) is 28.0. The lowest BCUT2D eigenvalue weighted by Crippen LogP contribution is -2.13. The Morgan fingerprint density at radius 3 is 1.12 bits per heavy atom. The lowest BCUT2D eigenvalue weighted by atomic mass is 9.84. The normalized spacial score (nSPS) is 11.7. The van der Waals surface area contributed by atoms with E-state index in [1.54, 1.807) is 0 Å². The molecule has 0 bridgehead atoms. The summed E-state index contributed by atoms with van der Waals surface area (Å²) in [4.78, 5) is 8.46. The molecule has 8 aromatic rings. The number of nitrogens with zero attached hydrogens (tertiary/aromatic N) is 4. The Bertz CT molecular complexity index is 2630. The monoisotopic (exact) mass is 754 g/mol. The number of rotatable bonds is 10. The number of hydrogen-bond donors (Lipinski definition) is 0. The van der Waals surface area contributed by atoms with Gasteiger partial charge in [0.25, 0.3) is 0 Å². The largest absolute Gasteiger partial charge is 0.310 e. The second kappa shape index (κ2) is 15.4. The van der Waals surface area contributed by atoms with Crippen molar-refractivity contribution in [3.8, 4) is 6.07 Å². The molecule has 0 aliphatic heterocycles. The fourth-order valence-electron chi connectivity index (χ4n) is 8.57. The first-order valence-electron chi connectivity index (χ1n) is 20.5. The minimum atomic E-state index is 0.260. The third-order valence-corrected chi connectivity index (χ3v) is 11.8. The van der Waals surface area contributed by atoms with Crippen molar-refractivity contribution in [3.05, 3.63) is 173 Å². The maximum Gasteiger partial charge on any atom is 0.187 e. The molecule has 0 spiro atoms. The highest BCUT2D eigenvalue weighted by molar-refractivity contribution is 6.29. The SMILES string of the molecule is [C-]#[N+]c1ccc(N(c2ccc(C(C)C)cc2)c2cc(C(C)C)c3ccc4c(N(c5ccc(C#N)cc5)c5ccc(C(C)C)cc5)cc(C(C)C)c5ccc2c3c54)cc1. The molecule has 4 nitrogen and oxygen atoms in total. The fourth-order valence-corrected chi connectivity index (χ4v) is 8.57. The first-order valence-corrected chi connectivity index (χ1v) is 20.5. The van der Waals surface area contributed by atoms with Gasteiger partial charge in [0.2, 0.25) is 0 Å². The smallest absolute Gasteiger partial charge is 0.187 e. The summed E-state index contributed by atoms with van der Waals surface area (Å²) in [5.74, 6) is 1.36. The van der Waals surface area contributed by atoms with Crippen LogP contribution in [0.4, 0.5) is 39.8 Å². The van der Waals surface area contributed by atoms with Crippen LogP contribution >= 0.6 is 0 Å². The molecule has 0 aromatic heterocycles. The molecule has 0 radical (unpaired) electrons. The Morgan fingerprint density at radius 2 is 0.793 bits per heavy atom. The van der Waals surface area contributed by atoms with E-state index < -0.39 is 0 Å². The van der Waals surface area contributed by atoms with Crippen LogP contribution in [0.2, 0.25) is 0 Å². The molecular weight excluding hydrogens is 705 g/mol. The highest BCUT2D eigenvalue weighted by Gasteiger charge is 2.26. The van der Waals surface area contributed by atoms with E-state index in [0.717, 1.165) is 34.1 Å². The third-order valence-electron chi connectivity index (χ3n) is 11.8. The summed E-state index contributed by atoms with van der Waals surface area (Å²) in [7, 11) is 0. The van der Waals surface area contributed by atoms with E-state index in [9.17, 15) is 5.26 Å². The van der Waals surface area contributed by atoms with Gasteiger partial charge in [-0.05, 0) is 140 Å². The molecule has 0 saturated carbocycles. The Labute approximate surface area is 343 Å². The minimum absolute atomic E-state index is 0.260. The molecule has 0 saturated heterocycles. The van der Waals surface area contributed by atoms with Crippen LogP contribution in [-0.4, -0.2) is 0 Å². The zero-order valence-corrected chi connectivity index (χ0v) is 34.8. The van der Waals surface area contributed by atoms with E-state index in [0.29, 0.717) is 23.1 Å². The van der Waals surface area contributed by atoms with Crippen LogP contribution in [0, 0.1) is 17.9 Å². The van der Waals surface area contributed by atoms with Gasteiger partial charge in [0.1, 0.15) is 0 Å². The zero-order chi connectivity index (χ0) is 40.8. The van der Waals surface area contributed by atoms with Crippen LogP contribution < -0.4 is 9.80 Å². The fraction of sp³-hybridized carbons (Fsp3) is 0.222. The predicted molar refractivity (Wildman–Crippen MR) is 247 cm³/mol. The van der Waals surface area contributed by atoms with Gasteiger partial charge in [0.05, 0.1) is 29.6 Å². The van der Waals surface area contributed by atoms with Crippen molar-refractivity contribution in [3.63, 3.8) is 0 Å². The molecule has 0 aliphatic rings. The van der Waals surface area contributed by atoms with E-state index >= 15 is 0 Å². The van der Waals surface area contributed by atoms with E-state index in [4.69, 9.17) is 6.57 Å². The van der Waals surface area contributed by atoms with Crippen LogP contribution in [0.1, 0.15) is 107 Å². The number of hydrogen-bond acceptors (Lipinski definition) is 3. The van der Waals surface area contributed by atoms with Crippen molar-refractivity contribution in [1.82, 2.24) is 0 Å². The summed E-state index contributed by atoms with van der Waals surface area (Å²) >= 11 is 0. The van der Waals surface area contributed by atoms with Gasteiger partial charge in [-0.25, -0.2) is 4.85 Å². The highest BCUT2D eigenvalue weighted by Crippen LogP contribution is 2.51. The lowest BCUT2D eigenvalue weighted by molar-refractivity contribution is 0.866. The lowest BCUT2D eigenvalue weighted by Gasteiger charge is -2.31. The van der Waals surface area contributed by atoms with E-state index in [-0.39, 0.29) is 11.8 Å². The standard InChI is InChI=1S/C54H50N4/c1-33(2)38-12-20-42(21-13-38)57(41-18-10-37(32-55)11-19-41)51-30-49(35(5)6)45-27-29-48-52(31-50(36(7)8)46-26-28-47(51)53(45)54(46)48)58(44-24-16-40(56-9)17-25-44)43-22-14-39(15-23-43)34(3)4/h10-31,33-36H,1-8H3. The molecule has 0 unspecified atom stereocenters. The van der Waals surface area contributed by atoms with Crippen molar-refractivity contribution in [2.75, 3.05) is 9.80 Å². The topological polar surface area (TPSA) is 34.6 Å². The Kier molecular flexibility index (Phi) is 10.1. The van der Waals surface area contributed by atoms with Gasteiger partial charge in [-0.1, -0.05) is 116 Å². The van der Waals surface area contributed by atoms with E-state index in [2.05, 4.69) is 185 Å². The van der Waals surface area contributed by atoms with Crippen LogP contribution in [0.3, 0.4) is 0 Å². The molecular formula is C54H50N4. The van der Waals surface area contributed by atoms with Crippen molar-refractivity contribution < 1.29 is 0 Å². The molecule has 0 atom stereocenters. The van der Waals surface area contributed by atoms with Crippen LogP contribution in [0.25, 0.3) is 37.2 Å². The average molecular weight is 755 g/mol.